The van der Waals surface area contributed by atoms with Gasteiger partial charge in [0.05, 0.1) is 16.5 Å². The Balaban J connectivity index is 1.56. The standard InChI is InChI=1S/C21H25N3O2S2/c1-14-23-11-16(27-14)13-24-9-7-15(12-24)19-17-5-3-4-6-18(17)28-20(19)21(25)22-8-10-26-2/h3-6,11,15H,7-10,12-13H2,1-2H3,(H,22,25)/t15-/m0/s1. The number of ether oxygens (including phenoxy) is 1. The van der Waals surface area contributed by atoms with Gasteiger partial charge in [-0.3, -0.25) is 9.69 Å². The first-order valence-electron chi connectivity index (χ1n) is 9.58. The summed E-state index contributed by atoms with van der Waals surface area (Å²) in [5.74, 6) is 0.401. The monoisotopic (exact) mass is 415 g/mol. The van der Waals surface area contributed by atoms with E-state index < -0.39 is 0 Å². The van der Waals surface area contributed by atoms with Gasteiger partial charge in [0.1, 0.15) is 0 Å². The molecule has 0 aliphatic carbocycles. The van der Waals surface area contributed by atoms with Crippen LogP contribution in [0.1, 0.15) is 37.5 Å². The number of amides is 1. The van der Waals surface area contributed by atoms with Crippen LogP contribution in [0.25, 0.3) is 10.1 Å². The first kappa shape index (κ1) is 19.5. The molecule has 3 aromatic rings. The number of likely N-dealkylation sites (tertiary alicyclic amines) is 1. The molecule has 1 aliphatic rings. The number of thiophene rings is 1. The van der Waals surface area contributed by atoms with Gasteiger partial charge in [-0.1, -0.05) is 18.2 Å². The van der Waals surface area contributed by atoms with Gasteiger partial charge in [0.25, 0.3) is 5.91 Å². The van der Waals surface area contributed by atoms with E-state index in [1.807, 2.05) is 19.2 Å². The van der Waals surface area contributed by atoms with Crippen molar-refractivity contribution in [3.8, 4) is 0 Å². The number of hydrogen-bond donors (Lipinski definition) is 1. The molecule has 0 spiro atoms. The van der Waals surface area contributed by atoms with E-state index in [0.717, 1.165) is 35.9 Å². The van der Waals surface area contributed by atoms with Crippen LogP contribution in [0.15, 0.2) is 30.5 Å². The first-order chi connectivity index (χ1) is 13.7. The van der Waals surface area contributed by atoms with Crippen LogP contribution in [0, 0.1) is 6.92 Å². The average molecular weight is 416 g/mol. The minimum absolute atomic E-state index is 0.0183. The van der Waals surface area contributed by atoms with Crippen LogP contribution >= 0.6 is 22.7 Å². The Morgan fingerprint density at radius 2 is 2.21 bits per heavy atom. The normalized spacial score (nSPS) is 17.4. The van der Waals surface area contributed by atoms with Crippen LogP contribution in [-0.4, -0.2) is 49.1 Å². The second-order valence-corrected chi connectivity index (χ2v) is 9.53. The lowest BCUT2D eigenvalue weighted by molar-refractivity contribution is 0.0940. The van der Waals surface area contributed by atoms with Gasteiger partial charge in [0.15, 0.2) is 0 Å². The summed E-state index contributed by atoms with van der Waals surface area (Å²) in [5, 5.41) is 5.35. The van der Waals surface area contributed by atoms with Gasteiger partial charge >= 0.3 is 0 Å². The van der Waals surface area contributed by atoms with Crippen LogP contribution < -0.4 is 5.32 Å². The molecule has 0 unspecified atom stereocenters. The highest BCUT2D eigenvalue weighted by Crippen LogP contribution is 2.40. The lowest BCUT2D eigenvalue weighted by Gasteiger charge is -2.16. The number of fused-ring (bicyclic) bond motifs is 1. The number of aromatic nitrogens is 1. The van der Waals surface area contributed by atoms with Crippen molar-refractivity contribution >= 4 is 38.7 Å². The molecule has 7 heteroatoms. The summed E-state index contributed by atoms with van der Waals surface area (Å²) < 4.78 is 6.25. The Hall–Kier alpha value is -1.80. The number of benzene rings is 1. The van der Waals surface area contributed by atoms with Crippen LogP contribution in [0.2, 0.25) is 0 Å². The zero-order chi connectivity index (χ0) is 19.5. The molecule has 1 saturated heterocycles. The fourth-order valence-corrected chi connectivity index (χ4v) is 5.94. The number of methoxy groups -OCH3 is 1. The number of aryl methyl sites for hydroxylation is 1. The van der Waals surface area contributed by atoms with Crippen molar-refractivity contribution in [2.24, 2.45) is 0 Å². The van der Waals surface area contributed by atoms with Gasteiger partial charge < -0.3 is 10.1 Å². The van der Waals surface area contributed by atoms with Crippen LogP contribution in [0.4, 0.5) is 0 Å². The number of hydrogen-bond acceptors (Lipinski definition) is 6. The summed E-state index contributed by atoms with van der Waals surface area (Å²) in [7, 11) is 1.65. The number of rotatable bonds is 7. The summed E-state index contributed by atoms with van der Waals surface area (Å²) in [6.45, 7) is 6.08. The van der Waals surface area contributed by atoms with Gasteiger partial charge in [-0.05, 0) is 36.9 Å². The molecule has 28 heavy (non-hydrogen) atoms. The number of nitrogens with zero attached hydrogens (tertiary/aromatic N) is 2. The van der Waals surface area contributed by atoms with Crippen molar-refractivity contribution < 1.29 is 9.53 Å². The molecule has 1 aromatic carbocycles. The summed E-state index contributed by atoms with van der Waals surface area (Å²) in [6, 6.07) is 8.38. The SMILES string of the molecule is COCCNC(=O)c1sc2ccccc2c1[C@H]1CCN(Cc2cnc(C)s2)C1. The molecule has 2 aromatic heterocycles. The topological polar surface area (TPSA) is 54.5 Å². The summed E-state index contributed by atoms with van der Waals surface area (Å²) >= 11 is 3.37. The minimum Gasteiger partial charge on any atom is -0.383 e. The summed E-state index contributed by atoms with van der Waals surface area (Å²) in [6.07, 6.45) is 3.07. The van der Waals surface area contributed by atoms with E-state index >= 15 is 0 Å². The molecule has 0 bridgehead atoms. The maximum absolute atomic E-state index is 12.9. The zero-order valence-electron chi connectivity index (χ0n) is 16.2. The molecule has 3 heterocycles. The van der Waals surface area contributed by atoms with Gasteiger partial charge in [-0.25, -0.2) is 4.98 Å². The van der Waals surface area contributed by atoms with E-state index in [-0.39, 0.29) is 5.91 Å². The minimum atomic E-state index is 0.0183. The molecule has 4 rings (SSSR count). The molecule has 1 aliphatic heterocycles. The lowest BCUT2D eigenvalue weighted by Crippen LogP contribution is -2.27. The highest BCUT2D eigenvalue weighted by Gasteiger charge is 2.30. The molecule has 1 fully saturated rings. The average Bonchev–Trinajstić information content (AvgIpc) is 3.40. The zero-order valence-corrected chi connectivity index (χ0v) is 17.9. The number of carbonyl (C=O) groups excluding carboxylic acids is 1. The highest BCUT2D eigenvalue weighted by atomic mass is 32.1. The molecule has 1 atom stereocenters. The lowest BCUT2D eigenvalue weighted by atomic mass is 9.95. The van der Waals surface area contributed by atoms with Crippen LogP contribution in [0.5, 0.6) is 0 Å². The van der Waals surface area contributed by atoms with E-state index in [9.17, 15) is 4.79 Å². The third-order valence-electron chi connectivity index (χ3n) is 5.16. The fraction of sp³-hybridized carbons (Fsp3) is 0.429. The van der Waals surface area contributed by atoms with E-state index in [1.54, 1.807) is 29.8 Å². The Kier molecular flexibility index (Phi) is 6.06. The van der Waals surface area contributed by atoms with E-state index in [0.29, 0.717) is 19.1 Å². The predicted molar refractivity (Wildman–Crippen MR) is 116 cm³/mol. The Labute approximate surface area is 173 Å². The molecule has 5 nitrogen and oxygen atoms in total. The quantitative estimate of drug-likeness (QED) is 0.592. The van der Waals surface area contributed by atoms with Crippen molar-refractivity contribution in [2.45, 2.75) is 25.8 Å². The fourth-order valence-electron chi connectivity index (χ4n) is 3.90. The van der Waals surface area contributed by atoms with Crippen molar-refractivity contribution in [2.75, 3.05) is 33.4 Å². The molecule has 148 valence electrons. The van der Waals surface area contributed by atoms with Gasteiger partial charge in [0, 0.05) is 48.4 Å². The van der Waals surface area contributed by atoms with Crippen molar-refractivity contribution in [3.05, 3.63) is 50.8 Å². The third kappa shape index (κ3) is 4.12. The second-order valence-electron chi connectivity index (χ2n) is 7.16. The maximum Gasteiger partial charge on any atom is 0.261 e. The number of thiazole rings is 1. The molecule has 0 radical (unpaired) electrons. The molecular formula is C21H25N3O2S2. The van der Waals surface area contributed by atoms with Gasteiger partial charge in [-0.2, -0.15) is 0 Å². The Morgan fingerprint density at radius 1 is 1.36 bits per heavy atom. The number of nitrogens with one attached hydrogen (secondary N) is 1. The molecule has 0 saturated carbocycles. The van der Waals surface area contributed by atoms with Crippen LogP contribution in [0.3, 0.4) is 0 Å². The second kappa shape index (κ2) is 8.69. The first-order valence-corrected chi connectivity index (χ1v) is 11.2. The Morgan fingerprint density at radius 3 is 3.00 bits per heavy atom. The third-order valence-corrected chi connectivity index (χ3v) is 7.24. The van der Waals surface area contributed by atoms with Crippen LogP contribution in [-0.2, 0) is 11.3 Å². The highest BCUT2D eigenvalue weighted by molar-refractivity contribution is 7.21. The largest absolute Gasteiger partial charge is 0.383 e. The molecule has 1 amide bonds. The smallest absolute Gasteiger partial charge is 0.261 e. The maximum atomic E-state index is 12.9. The van der Waals surface area contributed by atoms with Gasteiger partial charge in [0.2, 0.25) is 0 Å². The van der Waals surface area contributed by atoms with Crippen molar-refractivity contribution in [1.29, 1.82) is 0 Å². The van der Waals surface area contributed by atoms with Crippen molar-refractivity contribution in [3.63, 3.8) is 0 Å². The molecular weight excluding hydrogens is 390 g/mol. The molecule has 1 N–H and O–H groups in total. The Bertz CT molecular complexity index is 966. The van der Waals surface area contributed by atoms with E-state index in [2.05, 4.69) is 33.4 Å². The summed E-state index contributed by atoms with van der Waals surface area (Å²) in [4.78, 5) is 21.9. The van der Waals surface area contributed by atoms with Crippen molar-refractivity contribution in [1.82, 2.24) is 15.2 Å². The van der Waals surface area contributed by atoms with Gasteiger partial charge in [-0.15, -0.1) is 22.7 Å². The summed E-state index contributed by atoms with van der Waals surface area (Å²) in [5.41, 5.74) is 1.22. The van der Waals surface area contributed by atoms with E-state index in [1.165, 1.54) is 20.5 Å². The number of carbonyl (C=O) groups is 1. The predicted octanol–water partition coefficient (Wildman–Crippen LogP) is 4.03. The van der Waals surface area contributed by atoms with E-state index in [4.69, 9.17) is 4.74 Å².